The molecular weight excluding hydrogens is 340 g/mol. The minimum absolute atomic E-state index is 0.0279. The molecule has 2 aliphatic rings. The lowest BCUT2D eigenvalue weighted by Gasteiger charge is -2.27. The maximum atomic E-state index is 12.7. The third kappa shape index (κ3) is 3.42. The molecule has 2 aliphatic heterocycles. The molecule has 26 heavy (non-hydrogen) atoms. The number of β-amino-alcohol motifs (C(OH)–C–C–N with tert-alkyl or cyclic N) is 1. The second kappa shape index (κ2) is 7.36. The van der Waals surface area contributed by atoms with Crippen LogP contribution in [0.1, 0.15) is 10.4 Å². The second-order valence-electron chi connectivity index (χ2n) is 5.82. The van der Waals surface area contributed by atoms with Crippen LogP contribution in [0.3, 0.4) is 0 Å². The molecule has 4 amide bonds. The summed E-state index contributed by atoms with van der Waals surface area (Å²) >= 11 is 0. The summed E-state index contributed by atoms with van der Waals surface area (Å²) < 4.78 is 0. The molecule has 9 nitrogen and oxygen atoms in total. The van der Waals surface area contributed by atoms with Gasteiger partial charge in [-0.2, -0.15) is 0 Å². The highest BCUT2D eigenvalue weighted by molar-refractivity contribution is 6.18. The number of nitrogens with zero attached hydrogens (tertiary/aromatic N) is 2. The number of carbonyl (C=O) groups excluding carboxylic acids is 4. The van der Waals surface area contributed by atoms with Gasteiger partial charge in [-0.15, -0.1) is 0 Å². The van der Waals surface area contributed by atoms with Crippen LogP contribution in [-0.4, -0.2) is 71.3 Å². The number of para-hydroxylation sites is 1. The molecule has 1 saturated heterocycles. The quantitative estimate of drug-likeness (QED) is 0.576. The van der Waals surface area contributed by atoms with Gasteiger partial charge in [0, 0.05) is 19.2 Å². The molecule has 1 fully saturated rings. The molecule has 0 aromatic heterocycles. The van der Waals surface area contributed by atoms with Crippen molar-refractivity contribution in [2.75, 3.05) is 38.1 Å². The van der Waals surface area contributed by atoms with Crippen molar-refractivity contribution in [1.29, 1.82) is 0 Å². The Kier molecular flexibility index (Phi) is 4.99. The van der Waals surface area contributed by atoms with Crippen molar-refractivity contribution in [3.63, 3.8) is 0 Å². The van der Waals surface area contributed by atoms with Gasteiger partial charge in [0.2, 0.25) is 5.91 Å². The minimum Gasteiger partial charge on any atom is -0.395 e. The molecule has 3 rings (SSSR count). The van der Waals surface area contributed by atoms with Crippen molar-refractivity contribution in [2.45, 2.75) is 0 Å². The summed E-state index contributed by atoms with van der Waals surface area (Å²) in [6.45, 7) is 0.322. The van der Waals surface area contributed by atoms with Crippen molar-refractivity contribution in [3.8, 4) is 0 Å². The van der Waals surface area contributed by atoms with E-state index in [4.69, 9.17) is 5.11 Å². The van der Waals surface area contributed by atoms with E-state index in [9.17, 15) is 19.2 Å². The van der Waals surface area contributed by atoms with Gasteiger partial charge in [-0.3, -0.25) is 24.1 Å². The van der Waals surface area contributed by atoms with Crippen molar-refractivity contribution in [1.82, 2.24) is 15.1 Å². The Morgan fingerprint density at radius 1 is 1.23 bits per heavy atom. The van der Waals surface area contributed by atoms with E-state index in [2.05, 4.69) is 10.6 Å². The standard InChI is InChI=1S/C17H18N4O5/c22-8-7-21-15(24)9-13(17(21)26)19-12-4-2-1-3-11(12)16(25)20-6-5-18-14(23)10-20/h1-4,9,19,22H,5-8,10H2,(H,18,23). The summed E-state index contributed by atoms with van der Waals surface area (Å²) in [5.41, 5.74) is 0.686. The zero-order chi connectivity index (χ0) is 18.7. The molecule has 0 aliphatic carbocycles. The fourth-order valence-electron chi connectivity index (χ4n) is 2.82. The van der Waals surface area contributed by atoms with Crippen LogP contribution >= 0.6 is 0 Å². The predicted molar refractivity (Wildman–Crippen MR) is 90.9 cm³/mol. The Morgan fingerprint density at radius 3 is 2.73 bits per heavy atom. The Bertz CT molecular complexity index is 804. The molecule has 9 heteroatoms. The van der Waals surface area contributed by atoms with E-state index in [0.29, 0.717) is 24.3 Å². The van der Waals surface area contributed by atoms with Crippen molar-refractivity contribution >= 4 is 29.3 Å². The molecule has 0 bridgehead atoms. The SMILES string of the molecule is O=C1CN(C(=O)c2ccccc2NC2=CC(=O)N(CCO)C2=O)CCN1. The van der Waals surface area contributed by atoms with E-state index in [1.165, 1.54) is 4.90 Å². The first-order valence-electron chi connectivity index (χ1n) is 8.11. The van der Waals surface area contributed by atoms with Crippen LogP contribution in [-0.2, 0) is 14.4 Å². The van der Waals surface area contributed by atoms with E-state index in [1.54, 1.807) is 24.3 Å². The maximum Gasteiger partial charge on any atom is 0.277 e. The van der Waals surface area contributed by atoms with E-state index >= 15 is 0 Å². The lowest BCUT2D eigenvalue weighted by molar-refractivity contribution is -0.137. The normalized spacial score (nSPS) is 17.3. The number of aliphatic hydroxyl groups is 1. The van der Waals surface area contributed by atoms with Crippen LogP contribution in [0.4, 0.5) is 5.69 Å². The summed E-state index contributed by atoms with van der Waals surface area (Å²) in [6.07, 6.45) is 1.13. The minimum atomic E-state index is -0.566. The van der Waals surface area contributed by atoms with E-state index < -0.39 is 11.8 Å². The summed E-state index contributed by atoms with van der Waals surface area (Å²) in [7, 11) is 0. The Hall–Kier alpha value is -3.20. The summed E-state index contributed by atoms with van der Waals surface area (Å²) in [5, 5.41) is 14.4. The number of amides is 4. The molecule has 2 heterocycles. The first-order chi connectivity index (χ1) is 12.5. The lowest BCUT2D eigenvalue weighted by atomic mass is 10.1. The summed E-state index contributed by atoms with van der Waals surface area (Å²) in [6, 6.07) is 6.57. The molecular formula is C17H18N4O5. The highest BCUT2D eigenvalue weighted by Gasteiger charge is 2.31. The number of aliphatic hydroxyl groups excluding tert-OH is 1. The molecule has 0 unspecified atom stereocenters. The van der Waals surface area contributed by atoms with Gasteiger partial charge >= 0.3 is 0 Å². The second-order valence-corrected chi connectivity index (χ2v) is 5.82. The topological polar surface area (TPSA) is 119 Å². The van der Waals surface area contributed by atoms with Crippen LogP contribution in [0.25, 0.3) is 0 Å². The number of benzene rings is 1. The number of anilines is 1. The zero-order valence-electron chi connectivity index (χ0n) is 13.9. The van der Waals surface area contributed by atoms with Crippen molar-refractivity contribution in [3.05, 3.63) is 41.6 Å². The van der Waals surface area contributed by atoms with E-state index in [-0.39, 0.29) is 37.2 Å². The number of rotatable bonds is 5. The Balaban J connectivity index is 1.81. The smallest absolute Gasteiger partial charge is 0.277 e. The molecule has 1 aromatic carbocycles. The number of hydrogen-bond acceptors (Lipinski definition) is 6. The number of carbonyl (C=O) groups is 4. The van der Waals surface area contributed by atoms with Crippen LogP contribution in [0.5, 0.6) is 0 Å². The van der Waals surface area contributed by atoms with Crippen LogP contribution in [0, 0.1) is 0 Å². The summed E-state index contributed by atoms with van der Waals surface area (Å²) in [5.74, 6) is -1.66. The van der Waals surface area contributed by atoms with E-state index in [1.807, 2.05) is 0 Å². The number of nitrogens with one attached hydrogen (secondary N) is 2. The van der Waals surface area contributed by atoms with Crippen LogP contribution in [0.2, 0.25) is 0 Å². The fourth-order valence-corrected chi connectivity index (χ4v) is 2.82. The lowest BCUT2D eigenvalue weighted by Crippen LogP contribution is -2.50. The maximum absolute atomic E-state index is 12.7. The van der Waals surface area contributed by atoms with Gasteiger partial charge in [0.25, 0.3) is 17.7 Å². The first-order valence-corrected chi connectivity index (χ1v) is 8.11. The van der Waals surface area contributed by atoms with Gasteiger partial charge in [-0.25, -0.2) is 0 Å². The average molecular weight is 358 g/mol. The highest BCUT2D eigenvalue weighted by atomic mass is 16.3. The molecule has 136 valence electrons. The van der Waals surface area contributed by atoms with Crippen molar-refractivity contribution < 1.29 is 24.3 Å². The Morgan fingerprint density at radius 2 is 2.00 bits per heavy atom. The number of hydrogen-bond donors (Lipinski definition) is 3. The van der Waals surface area contributed by atoms with Gasteiger partial charge in [-0.05, 0) is 12.1 Å². The van der Waals surface area contributed by atoms with Crippen molar-refractivity contribution in [2.24, 2.45) is 0 Å². The van der Waals surface area contributed by atoms with Gasteiger partial charge in [0.15, 0.2) is 0 Å². The van der Waals surface area contributed by atoms with E-state index in [0.717, 1.165) is 11.0 Å². The van der Waals surface area contributed by atoms with Gasteiger partial charge < -0.3 is 20.6 Å². The highest BCUT2D eigenvalue weighted by Crippen LogP contribution is 2.22. The third-order valence-electron chi connectivity index (χ3n) is 4.09. The molecule has 3 N–H and O–H groups in total. The number of piperazine rings is 1. The molecule has 0 spiro atoms. The summed E-state index contributed by atoms with van der Waals surface area (Å²) in [4.78, 5) is 50.7. The Labute approximate surface area is 149 Å². The third-order valence-corrected chi connectivity index (χ3v) is 4.09. The predicted octanol–water partition coefficient (Wildman–Crippen LogP) is -1.08. The van der Waals surface area contributed by atoms with Crippen LogP contribution < -0.4 is 10.6 Å². The zero-order valence-corrected chi connectivity index (χ0v) is 13.9. The monoisotopic (exact) mass is 358 g/mol. The van der Waals surface area contributed by atoms with Crippen LogP contribution in [0.15, 0.2) is 36.0 Å². The molecule has 0 saturated carbocycles. The molecule has 0 atom stereocenters. The molecule has 0 radical (unpaired) electrons. The fraction of sp³-hybridized carbons (Fsp3) is 0.294. The van der Waals surface area contributed by atoms with Gasteiger partial charge in [-0.1, -0.05) is 12.1 Å². The average Bonchev–Trinajstić information content (AvgIpc) is 2.89. The number of imide groups is 1. The van der Waals surface area contributed by atoms with Gasteiger partial charge in [0.1, 0.15) is 5.70 Å². The first kappa shape index (κ1) is 17.6. The largest absolute Gasteiger partial charge is 0.395 e. The van der Waals surface area contributed by atoms with Gasteiger partial charge in [0.05, 0.1) is 30.9 Å². The molecule has 1 aromatic rings.